The average Bonchev–Trinajstić information content (AvgIpc) is 2.73. The van der Waals surface area contributed by atoms with Gasteiger partial charge in [0.05, 0.1) is 31.9 Å². The number of ether oxygens (including phenoxy) is 4. The van der Waals surface area contributed by atoms with Crippen LogP contribution in [-0.4, -0.2) is 27.3 Å². The molecular weight excluding hydrogens is 412 g/mol. The third-order valence-electron chi connectivity index (χ3n) is 4.51. The molecule has 3 aromatic rings. The second-order valence-corrected chi connectivity index (χ2v) is 6.83. The lowest BCUT2D eigenvalue weighted by atomic mass is 10.1. The maximum absolute atomic E-state index is 12.7. The first-order valence-corrected chi connectivity index (χ1v) is 9.58. The molecule has 0 atom stereocenters. The molecule has 0 spiro atoms. The van der Waals surface area contributed by atoms with Crippen LogP contribution in [0.4, 0.5) is 0 Å². The number of hydrogen-bond acceptors (Lipinski definition) is 7. The van der Waals surface area contributed by atoms with Gasteiger partial charge in [-0.15, -0.1) is 0 Å². The molecule has 0 aliphatic carbocycles. The molecule has 1 aromatic heterocycles. The Bertz CT molecular complexity index is 1130. The van der Waals surface area contributed by atoms with Gasteiger partial charge in [-0.05, 0) is 30.2 Å². The second kappa shape index (κ2) is 9.09. The van der Waals surface area contributed by atoms with Gasteiger partial charge in [0.1, 0.15) is 5.58 Å². The summed E-state index contributed by atoms with van der Waals surface area (Å²) in [5, 5.41) is 0.920. The second-order valence-electron chi connectivity index (χ2n) is 6.42. The maximum atomic E-state index is 12.7. The highest BCUT2D eigenvalue weighted by atomic mass is 35.5. The molecule has 0 fully saturated rings. The minimum atomic E-state index is -0.692. The highest BCUT2D eigenvalue weighted by molar-refractivity contribution is 6.33. The molecule has 7 nitrogen and oxygen atoms in total. The van der Waals surface area contributed by atoms with Gasteiger partial charge in [-0.1, -0.05) is 24.9 Å². The lowest BCUT2D eigenvalue weighted by Gasteiger charge is -2.14. The predicted octanol–water partition coefficient (Wildman–Crippen LogP) is 4.64. The van der Waals surface area contributed by atoms with Gasteiger partial charge in [0, 0.05) is 17.5 Å². The van der Waals surface area contributed by atoms with E-state index < -0.39 is 11.6 Å². The van der Waals surface area contributed by atoms with E-state index in [9.17, 15) is 9.59 Å². The molecule has 0 unspecified atom stereocenters. The standard InChI is InChI=1S/C22H21ClO7/c1-5-6-12-9-20(24)29-16-11-17(15(23)10-14(12)16)30-22(25)13-7-18(26-2)21(28-4)19(8-13)27-3/h7-11H,5-6H2,1-4H3. The van der Waals surface area contributed by atoms with E-state index in [-0.39, 0.29) is 16.3 Å². The van der Waals surface area contributed by atoms with Gasteiger partial charge in [0.15, 0.2) is 17.2 Å². The zero-order valence-corrected chi connectivity index (χ0v) is 17.8. The van der Waals surface area contributed by atoms with Crippen LogP contribution in [0.5, 0.6) is 23.0 Å². The molecule has 1 heterocycles. The lowest BCUT2D eigenvalue weighted by molar-refractivity contribution is 0.0734. The Morgan fingerprint density at radius 1 is 0.967 bits per heavy atom. The predicted molar refractivity (Wildman–Crippen MR) is 113 cm³/mol. The number of fused-ring (bicyclic) bond motifs is 1. The number of rotatable bonds is 7. The van der Waals surface area contributed by atoms with Gasteiger partial charge in [0.25, 0.3) is 0 Å². The fraction of sp³-hybridized carbons (Fsp3) is 0.273. The first kappa shape index (κ1) is 21.5. The third-order valence-corrected chi connectivity index (χ3v) is 4.80. The van der Waals surface area contributed by atoms with E-state index in [0.29, 0.717) is 34.6 Å². The Balaban J connectivity index is 2.01. The summed E-state index contributed by atoms with van der Waals surface area (Å²) in [7, 11) is 4.36. The summed E-state index contributed by atoms with van der Waals surface area (Å²) in [6.07, 6.45) is 1.55. The molecule has 0 saturated heterocycles. The molecule has 0 amide bonds. The van der Waals surface area contributed by atoms with Crippen LogP contribution < -0.4 is 24.6 Å². The topological polar surface area (TPSA) is 84.2 Å². The molecule has 0 bridgehead atoms. The lowest BCUT2D eigenvalue weighted by Crippen LogP contribution is -2.10. The number of methoxy groups -OCH3 is 3. The summed E-state index contributed by atoms with van der Waals surface area (Å²) in [5.41, 5.74) is 0.813. The number of carbonyl (C=O) groups excluding carboxylic acids is 1. The van der Waals surface area contributed by atoms with Crippen LogP contribution in [0.15, 0.2) is 39.5 Å². The van der Waals surface area contributed by atoms with Crippen LogP contribution >= 0.6 is 11.6 Å². The molecule has 0 N–H and O–H groups in total. The van der Waals surface area contributed by atoms with E-state index in [4.69, 9.17) is 35.0 Å². The quantitative estimate of drug-likeness (QED) is 0.305. The van der Waals surface area contributed by atoms with Gasteiger partial charge in [-0.3, -0.25) is 0 Å². The third kappa shape index (κ3) is 4.21. The molecule has 0 aliphatic rings. The van der Waals surface area contributed by atoms with Crippen molar-refractivity contribution < 1.29 is 28.2 Å². The summed E-state index contributed by atoms with van der Waals surface area (Å²) in [4.78, 5) is 24.6. The van der Waals surface area contributed by atoms with Crippen molar-refractivity contribution in [1.82, 2.24) is 0 Å². The SMILES string of the molecule is CCCc1cc(=O)oc2cc(OC(=O)c3cc(OC)c(OC)c(OC)c3)c(Cl)cc12. The molecule has 2 aromatic carbocycles. The number of carbonyl (C=O) groups is 1. The van der Waals surface area contributed by atoms with Crippen LogP contribution in [0, 0.1) is 0 Å². The zero-order chi connectivity index (χ0) is 21.8. The monoisotopic (exact) mass is 432 g/mol. The number of benzene rings is 2. The minimum absolute atomic E-state index is 0.0692. The van der Waals surface area contributed by atoms with Crippen molar-refractivity contribution in [2.24, 2.45) is 0 Å². The van der Waals surface area contributed by atoms with Crippen molar-refractivity contribution in [2.75, 3.05) is 21.3 Å². The van der Waals surface area contributed by atoms with Crippen molar-refractivity contribution >= 4 is 28.5 Å². The van der Waals surface area contributed by atoms with Gasteiger partial charge in [0.2, 0.25) is 5.75 Å². The zero-order valence-electron chi connectivity index (χ0n) is 17.0. The molecule has 0 radical (unpaired) electrons. The number of halogens is 1. The summed E-state index contributed by atoms with van der Waals surface area (Å²) >= 11 is 6.35. The fourth-order valence-corrected chi connectivity index (χ4v) is 3.34. The molecular formula is C22H21ClO7. The summed E-state index contributed by atoms with van der Waals surface area (Å²) in [5.74, 6) is 0.347. The molecule has 0 aliphatic heterocycles. The first-order chi connectivity index (χ1) is 14.4. The summed E-state index contributed by atoms with van der Waals surface area (Å²) < 4.78 is 26.5. The molecule has 3 rings (SSSR count). The average molecular weight is 433 g/mol. The van der Waals surface area contributed by atoms with E-state index in [1.165, 1.54) is 45.6 Å². The number of esters is 1. The van der Waals surface area contributed by atoms with Crippen LogP contribution in [0.1, 0.15) is 29.3 Å². The highest BCUT2D eigenvalue weighted by Crippen LogP contribution is 2.39. The first-order valence-electron chi connectivity index (χ1n) is 9.20. The number of aryl methyl sites for hydroxylation is 1. The van der Waals surface area contributed by atoms with Crippen molar-refractivity contribution in [2.45, 2.75) is 19.8 Å². The van der Waals surface area contributed by atoms with E-state index in [0.717, 1.165) is 12.0 Å². The Morgan fingerprint density at radius 2 is 1.63 bits per heavy atom. The van der Waals surface area contributed by atoms with Crippen molar-refractivity contribution in [3.05, 3.63) is 56.9 Å². The van der Waals surface area contributed by atoms with E-state index >= 15 is 0 Å². The van der Waals surface area contributed by atoms with Crippen LogP contribution in [-0.2, 0) is 6.42 Å². The molecule has 158 valence electrons. The van der Waals surface area contributed by atoms with Crippen LogP contribution in [0.25, 0.3) is 11.0 Å². The largest absolute Gasteiger partial charge is 0.493 e. The number of hydrogen-bond donors (Lipinski definition) is 0. The molecule has 8 heteroatoms. The Labute approximate surface area is 178 Å². The van der Waals surface area contributed by atoms with E-state index in [1.54, 1.807) is 6.07 Å². The van der Waals surface area contributed by atoms with Gasteiger partial charge >= 0.3 is 11.6 Å². The summed E-state index contributed by atoms with van der Waals surface area (Å²) in [6.45, 7) is 2.01. The Hall–Kier alpha value is -3.19. The summed E-state index contributed by atoms with van der Waals surface area (Å²) in [6, 6.07) is 7.46. The Kier molecular flexibility index (Phi) is 6.52. The van der Waals surface area contributed by atoms with E-state index in [2.05, 4.69) is 0 Å². The van der Waals surface area contributed by atoms with Gasteiger partial charge < -0.3 is 23.4 Å². The maximum Gasteiger partial charge on any atom is 0.343 e. The normalized spacial score (nSPS) is 10.7. The van der Waals surface area contributed by atoms with Crippen molar-refractivity contribution in [1.29, 1.82) is 0 Å². The van der Waals surface area contributed by atoms with Crippen LogP contribution in [0.2, 0.25) is 5.02 Å². The molecule has 30 heavy (non-hydrogen) atoms. The Morgan fingerprint density at radius 3 is 2.20 bits per heavy atom. The van der Waals surface area contributed by atoms with Crippen molar-refractivity contribution in [3.8, 4) is 23.0 Å². The van der Waals surface area contributed by atoms with E-state index in [1.807, 2.05) is 6.92 Å². The van der Waals surface area contributed by atoms with Crippen LogP contribution in [0.3, 0.4) is 0 Å². The molecule has 0 saturated carbocycles. The highest BCUT2D eigenvalue weighted by Gasteiger charge is 2.20. The smallest absolute Gasteiger partial charge is 0.343 e. The van der Waals surface area contributed by atoms with Crippen molar-refractivity contribution in [3.63, 3.8) is 0 Å². The van der Waals surface area contributed by atoms with Gasteiger partial charge in [-0.2, -0.15) is 0 Å². The fourth-order valence-electron chi connectivity index (χ4n) is 3.14. The van der Waals surface area contributed by atoms with Gasteiger partial charge in [-0.25, -0.2) is 9.59 Å². The minimum Gasteiger partial charge on any atom is -0.493 e.